The smallest absolute Gasteiger partial charge is 0.345 e. The SMILES string of the molecule is Cc1cc(Cl)cc(C(=O)NC2(C)CS(=N)(=O)C2)c1NC(=O)c1cc(C(F)(F)F)nn1-c1ncccc1Cl. The minimum atomic E-state index is -4.86. The van der Waals surface area contributed by atoms with Crippen LogP contribution in [0.4, 0.5) is 18.9 Å². The van der Waals surface area contributed by atoms with Gasteiger partial charge in [-0.15, -0.1) is 0 Å². The number of aromatic nitrogens is 3. The van der Waals surface area contributed by atoms with Crippen LogP contribution in [-0.2, 0) is 15.9 Å². The molecule has 196 valence electrons. The average Bonchev–Trinajstić information content (AvgIpc) is 3.20. The molecule has 0 radical (unpaired) electrons. The first-order valence-electron chi connectivity index (χ1n) is 10.5. The summed E-state index contributed by atoms with van der Waals surface area (Å²) >= 11 is 12.2. The fourth-order valence-corrected chi connectivity index (χ4v) is 6.63. The van der Waals surface area contributed by atoms with Gasteiger partial charge in [-0.25, -0.2) is 13.9 Å². The van der Waals surface area contributed by atoms with Crippen molar-refractivity contribution in [1.82, 2.24) is 20.1 Å². The Morgan fingerprint density at radius 1 is 1.19 bits per heavy atom. The van der Waals surface area contributed by atoms with Gasteiger partial charge in [0.05, 0.1) is 33.3 Å². The molecule has 3 heterocycles. The summed E-state index contributed by atoms with van der Waals surface area (Å²) < 4.78 is 60.5. The largest absolute Gasteiger partial charge is 0.435 e. The molecule has 4 rings (SSSR count). The number of nitrogens with one attached hydrogen (secondary N) is 3. The lowest BCUT2D eigenvalue weighted by atomic mass is 10.0. The summed E-state index contributed by atoms with van der Waals surface area (Å²) in [6.07, 6.45) is -3.59. The number of hydrogen-bond acceptors (Lipinski definition) is 6. The molecule has 9 nitrogen and oxygen atoms in total. The molecule has 0 bridgehead atoms. The van der Waals surface area contributed by atoms with Crippen molar-refractivity contribution < 1.29 is 27.0 Å². The highest BCUT2D eigenvalue weighted by Gasteiger charge is 2.43. The minimum absolute atomic E-state index is 0.00476. The van der Waals surface area contributed by atoms with Crippen LogP contribution in [-0.4, -0.2) is 47.8 Å². The van der Waals surface area contributed by atoms with Crippen LogP contribution in [0.3, 0.4) is 0 Å². The molecule has 1 saturated heterocycles. The number of aryl methyl sites for hydroxylation is 1. The summed E-state index contributed by atoms with van der Waals surface area (Å²) in [5.74, 6) is -1.98. The van der Waals surface area contributed by atoms with Crippen LogP contribution in [0.5, 0.6) is 0 Å². The van der Waals surface area contributed by atoms with Crippen LogP contribution in [0.1, 0.15) is 39.0 Å². The molecule has 1 aliphatic rings. The van der Waals surface area contributed by atoms with Gasteiger partial charge in [-0.3, -0.25) is 14.4 Å². The van der Waals surface area contributed by atoms with Gasteiger partial charge in [0.15, 0.2) is 11.5 Å². The molecule has 1 fully saturated rings. The maximum atomic E-state index is 13.5. The van der Waals surface area contributed by atoms with Gasteiger partial charge in [-0.1, -0.05) is 23.2 Å². The van der Waals surface area contributed by atoms with E-state index in [4.69, 9.17) is 28.0 Å². The van der Waals surface area contributed by atoms with Crippen LogP contribution in [0.25, 0.3) is 5.82 Å². The summed E-state index contributed by atoms with van der Waals surface area (Å²) in [6.45, 7) is 3.18. The third kappa shape index (κ3) is 5.58. The van der Waals surface area contributed by atoms with Crippen molar-refractivity contribution in [3.8, 4) is 5.82 Å². The van der Waals surface area contributed by atoms with E-state index < -0.39 is 44.6 Å². The van der Waals surface area contributed by atoms with Crippen LogP contribution >= 0.6 is 23.2 Å². The second-order valence-corrected chi connectivity index (χ2v) is 11.9. The molecule has 2 amide bonds. The Kier molecular flexibility index (Phi) is 6.76. The Hall–Kier alpha value is -3.16. The number of amides is 2. The van der Waals surface area contributed by atoms with Crippen LogP contribution < -0.4 is 10.6 Å². The Balaban J connectivity index is 1.73. The van der Waals surface area contributed by atoms with Crippen LogP contribution in [0, 0.1) is 11.7 Å². The second kappa shape index (κ2) is 9.30. The van der Waals surface area contributed by atoms with Crippen molar-refractivity contribution in [2.75, 3.05) is 16.8 Å². The molecule has 0 atom stereocenters. The fraction of sp³-hybridized carbons (Fsp3) is 0.273. The Morgan fingerprint density at radius 3 is 2.46 bits per heavy atom. The third-order valence-electron chi connectivity index (χ3n) is 5.47. The number of carbonyl (C=O) groups excluding carboxylic acids is 2. The minimum Gasteiger partial charge on any atom is -0.345 e. The highest BCUT2D eigenvalue weighted by molar-refractivity contribution is 7.94. The maximum absolute atomic E-state index is 13.5. The first-order valence-corrected chi connectivity index (χ1v) is 13.2. The van der Waals surface area contributed by atoms with Gasteiger partial charge in [0, 0.05) is 27.0 Å². The predicted octanol–water partition coefficient (Wildman–Crippen LogP) is 4.70. The van der Waals surface area contributed by atoms with Crippen molar-refractivity contribution >= 4 is 50.4 Å². The third-order valence-corrected chi connectivity index (χ3v) is 8.19. The number of carbonyl (C=O) groups is 2. The number of benzene rings is 1. The zero-order chi connectivity index (χ0) is 27.3. The molecule has 1 aromatic carbocycles. The normalized spacial score (nSPS) is 21.3. The number of nitrogens with zero attached hydrogens (tertiary/aromatic N) is 3. The number of alkyl halides is 3. The van der Waals surface area contributed by atoms with Gasteiger partial charge in [0.2, 0.25) is 0 Å². The summed E-state index contributed by atoms with van der Waals surface area (Å²) in [5.41, 5.74) is -2.50. The van der Waals surface area contributed by atoms with E-state index in [0.717, 1.165) is 0 Å². The van der Waals surface area contributed by atoms with Crippen molar-refractivity contribution in [3.05, 3.63) is 69.1 Å². The van der Waals surface area contributed by atoms with Gasteiger partial charge in [0.1, 0.15) is 5.69 Å². The van der Waals surface area contributed by atoms with E-state index in [1.165, 1.54) is 30.5 Å². The predicted molar refractivity (Wildman–Crippen MR) is 132 cm³/mol. The van der Waals surface area contributed by atoms with E-state index in [9.17, 15) is 27.0 Å². The monoisotopic (exact) mass is 574 g/mol. The topological polar surface area (TPSA) is 130 Å². The highest BCUT2D eigenvalue weighted by atomic mass is 35.5. The summed E-state index contributed by atoms with van der Waals surface area (Å²) in [5, 5.41) is 8.80. The number of halogens is 5. The van der Waals surface area contributed by atoms with Crippen molar-refractivity contribution in [2.24, 2.45) is 0 Å². The molecule has 37 heavy (non-hydrogen) atoms. The number of rotatable bonds is 5. The maximum Gasteiger partial charge on any atom is 0.435 e. The molecule has 0 saturated carbocycles. The summed E-state index contributed by atoms with van der Waals surface area (Å²) in [4.78, 5) is 30.3. The van der Waals surface area contributed by atoms with Crippen molar-refractivity contribution in [1.29, 1.82) is 4.78 Å². The summed E-state index contributed by atoms with van der Waals surface area (Å²) in [7, 11) is -2.77. The quantitative estimate of drug-likeness (QED) is 0.406. The van der Waals surface area contributed by atoms with Crippen molar-refractivity contribution in [2.45, 2.75) is 25.6 Å². The van der Waals surface area contributed by atoms with E-state index >= 15 is 0 Å². The van der Waals surface area contributed by atoms with Gasteiger partial charge >= 0.3 is 6.18 Å². The van der Waals surface area contributed by atoms with Gasteiger partial charge in [0.25, 0.3) is 11.8 Å². The lowest BCUT2D eigenvalue weighted by molar-refractivity contribution is -0.141. The van der Waals surface area contributed by atoms with Gasteiger partial charge in [-0.05, 0) is 43.7 Å². The molecule has 1 aliphatic heterocycles. The van der Waals surface area contributed by atoms with Crippen molar-refractivity contribution in [3.63, 3.8) is 0 Å². The van der Waals surface area contributed by atoms with E-state index in [0.29, 0.717) is 16.3 Å². The zero-order valence-corrected chi connectivity index (χ0v) is 21.6. The molecule has 15 heteroatoms. The van der Waals surface area contributed by atoms with E-state index in [2.05, 4.69) is 20.7 Å². The highest BCUT2D eigenvalue weighted by Crippen LogP contribution is 2.32. The molecule has 0 aliphatic carbocycles. The zero-order valence-electron chi connectivity index (χ0n) is 19.2. The molecular weight excluding hydrogens is 556 g/mol. The molecule has 0 unspecified atom stereocenters. The molecule has 2 aromatic heterocycles. The molecule has 0 spiro atoms. The lowest BCUT2D eigenvalue weighted by Gasteiger charge is -2.40. The molecular formula is C22H19Cl2F3N6O3S. The van der Waals surface area contributed by atoms with Gasteiger partial charge in [-0.2, -0.15) is 18.3 Å². The number of hydrogen-bond donors (Lipinski definition) is 3. The number of pyridine rings is 1. The van der Waals surface area contributed by atoms with E-state index in [-0.39, 0.29) is 38.6 Å². The Labute approximate surface area is 219 Å². The van der Waals surface area contributed by atoms with Crippen LogP contribution in [0.15, 0.2) is 36.5 Å². The first kappa shape index (κ1) is 26.9. The Bertz CT molecular complexity index is 1530. The Morgan fingerprint density at radius 2 is 1.86 bits per heavy atom. The fourth-order valence-electron chi connectivity index (χ4n) is 4.04. The lowest BCUT2D eigenvalue weighted by Crippen LogP contribution is -2.63. The number of anilines is 1. The molecule has 3 N–H and O–H groups in total. The average molecular weight is 575 g/mol. The van der Waals surface area contributed by atoms with Gasteiger partial charge < -0.3 is 10.6 Å². The van der Waals surface area contributed by atoms with E-state index in [1.807, 2.05) is 0 Å². The standard InChI is InChI=1S/C22H19Cl2F3N6O3S/c1-11-6-12(23)7-13(19(34)31-21(2)9-37(28,36)10-21)17(11)30-20(35)15-8-16(22(25,26)27)32-33(15)18-14(24)4-3-5-29-18/h3-8,28H,9-10H2,1-2H3,(H,30,35)(H,31,34). The van der Waals surface area contributed by atoms with Crippen LogP contribution in [0.2, 0.25) is 10.0 Å². The second-order valence-electron chi connectivity index (χ2n) is 8.85. The molecule has 3 aromatic rings. The van der Waals surface area contributed by atoms with E-state index in [1.54, 1.807) is 13.8 Å². The first-order chi connectivity index (χ1) is 17.1. The summed E-state index contributed by atoms with van der Waals surface area (Å²) in [6, 6.07) is 6.13.